The summed E-state index contributed by atoms with van der Waals surface area (Å²) in [6.45, 7) is 4.07. The van der Waals surface area contributed by atoms with Gasteiger partial charge in [0.1, 0.15) is 5.69 Å². The van der Waals surface area contributed by atoms with Crippen molar-refractivity contribution in [2.24, 2.45) is 0 Å². The van der Waals surface area contributed by atoms with Crippen LogP contribution in [0.5, 0.6) is 0 Å². The number of benzene rings is 1. The largest absolute Gasteiger partial charge is 0.415 e. The summed E-state index contributed by atoms with van der Waals surface area (Å²) in [7, 11) is 3.94. The molecule has 4 rings (SSSR count). The minimum Gasteiger partial charge on any atom is -0.415 e. The minimum atomic E-state index is 0.318. The van der Waals surface area contributed by atoms with Crippen molar-refractivity contribution in [3.8, 4) is 34.3 Å². The summed E-state index contributed by atoms with van der Waals surface area (Å²) >= 11 is 0. The Morgan fingerprint density at radius 1 is 0.821 bits per heavy atom. The fraction of sp³-hybridized carbons (Fsp3) is 0.0952. The standard InChI is InChI=1S/C21H18N6O/c1-14(27(2)3)15-4-6-16(7-5-15)18-12-23-13-19(24-18)21-26-25-20(28-21)17-8-10-22-11-9-17/h4-13H,1H2,2-3H3. The van der Waals surface area contributed by atoms with Gasteiger partial charge in [0.05, 0.1) is 18.1 Å². The molecule has 0 spiro atoms. The summed E-state index contributed by atoms with van der Waals surface area (Å²) in [5, 5.41) is 8.18. The zero-order valence-corrected chi connectivity index (χ0v) is 15.6. The predicted octanol–water partition coefficient (Wildman–Crippen LogP) is 3.79. The third kappa shape index (κ3) is 3.50. The lowest BCUT2D eigenvalue weighted by Gasteiger charge is -2.15. The molecular formula is C21H18N6O. The molecule has 1 aromatic carbocycles. The van der Waals surface area contributed by atoms with Gasteiger partial charge in [-0.05, 0) is 17.7 Å². The van der Waals surface area contributed by atoms with Crippen LogP contribution in [0.1, 0.15) is 5.56 Å². The molecule has 0 aliphatic carbocycles. The molecule has 0 fully saturated rings. The fourth-order valence-corrected chi connectivity index (χ4v) is 2.64. The highest BCUT2D eigenvalue weighted by Crippen LogP contribution is 2.25. The first-order valence-corrected chi connectivity index (χ1v) is 8.65. The van der Waals surface area contributed by atoms with Crippen molar-refractivity contribution in [1.29, 1.82) is 0 Å². The van der Waals surface area contributed by atoms with E-state index in [-0.39, 0.29) is 0 Å². The Morgan fingerprint density at radius 2 is 1.50 bits per heavy atom. The third-order valence-electron chi connectivity index (χ3n) is 4.26. The van der Waals surface area contributed by atoms with Crippen LogP contribution in [-0.2, 0) is 0 Å². The number of hydrogen-bond acceptors (Lipinski definition) is 7. The molecule has 0 aliphatic heterocycles. The smallest absolute Gasteiger partial charge is 0.268 e. The Bertz CT molecular complexity index is 1100. The van der Waals surface area contributed by atoms with Crippen molar-refractivity contribution in [3.05, 3.63) is 73.3 Å². The fourth-order valence-electron chi connectivity index (χ4n) is 2.64. The summed E-state index contributed by atoms with van der Waals surface area (Å²) in [5.41, 5.74) is 4.99. The lowest BCUT2D eigenvalue weighted by Crippen LogP contribution is -2.08. The van der Waals surface area contributed by atoms with Crippen molar-refractivity contribution in [3.63, 3.8) is 0 Å². The van der Waals surface area contributed by atoms with E-state index in [1.165, 1.54) is 0 Å². The molecule has 0 saturated carbocycles. The van der Waals surface area contributed by atoms with Crippen LogP contribution < -0.4 is 0 Å². The zero-order valence-electron chi connectivity index (χ0n) is 15.6. The van der Waals surface area contributed by atoms with E-state index in [9.17, 15) is 0 Å². The topological polar surface area (TPSA) is 80.8 Å². The van der Waals surface area contributed by atoms with Gasteiger partial charge in [-0.25, -0.2) is 4.98 Å². The molecule has 3 heterocycles. The molecular weight excluding hydrogens is 352 g/mol. The average molecular weight is 370 g/mol. The van der Waals surface area contributed by atoms with Gasteiger partial charge in [-0.3, -0.25) is 9.97 Å². The molecule has 0 bridgehead atoms. The van der Waals surface area contributed by atoms with E-state index in [4.69, 9.17) is 4.42 Å². The minimum absolute atomic E-state index is 0.318. The summed E-state index contributed by atoms with van der Waals surface area (Å²) < 4.78 is 5.75. The van der Waals surface area contributed by atoms with E-state index in [2.05, 4.69) is 31.7 Å². The van der Waals surface area contributed by atoms with Gasteiger partial charge in [0, 0.05) is 43.3 Å². The maximum Gasteiger partial charge on any atom is 0.268 e. The molecule has 0 atom stereocenters. The maximum atomic E-state index is 5.75. The molecule has 0 N–H and O–H groups in total. The molecule has 0 amide bonds. The molecule has 7 heteroatoms. The van der Waals surface area contributed by atoms with Gasteiger partial charge in [-0.15, -0.1) is 10.2 Å². The summed E-state index contributed by atoms with van der Waals surface area (Å²) in [6.07, 6.45) is 6.66. The number of hydrogen-bond donors (Lipinski definition) is 0. The third-order valence-corrected chi connectivity index (χ3v) is 4.26. The van der Waals surface area contributed by atoms with Crippen molar-refractivity contribution < 1.29 is 4.42 Å². The monoisotopic (exact) mass is 370 g/mol. The summed E-state index contributed by atoms with van der Waals surface area (Å²) in [4.78, 5) is 14.9. The Hall–Kier alpha value is -3.87. The second-order valence-corrected chi connectivity index (χ2v) is 6.36. The SMILES string of the molecule is C=C(c1ccc(-c2cncc(-c3nnc(-c4ccncc4)o3)n2)cc1)N(C)C. The first-order valence-electron chi connectivity index (χ1n) is 8.65. The Balaban J connectivity index is 1.62. The molecule has 28 heavy (non-hydrogen) atoms. The van der Waals surface area contributed by atoms with Crippen molar-refractivity contribution in [1.82, 2.24) is 30.0 Å². The Kier molecular flexibility index (Phi) is 4.63. The normalized spacial score (nSPS) is 10.6. The Morgan fingerprint density at radius 3 is 2.21 bits per heavy atom. The summed E-state index contributed by atoms with van der Waals surface area (Å²) in [5.74, 6) is 0.731. The number of nitrogens with zero attached hydrogens (tertiary/aromatic N) is 6. The predicted molar refractivity (Wildman–Crippen MR) is 107 cm³/mol. The van der Waals surface area contributed by atoms with Crippen LogP contribution in [0.3, 0.4) is 0 Å². The first kappa shape index (κ1) is 17.5. The van der Waals surface area contributed by atoms with Crippen molar-refractivity contribution in [2.45, 2.75) is 0 Å². The highest BCUT2D eigenvalue weighted by molar-refractivity contribution is 5.67. The van der Waals surface area contributed by atoms with Gasteiger partial charge >= 0.3 is 0 Å². The van der Waals surface area contributed by atoms with Crippen molar-refractivity contribution in [2.75, 3.05) is 14.1 Å². The molecule has 0 unspecified atom stereocenters. The zero-order chi connectivity index (χ0) is 19.5. The van der Waals surface area contributed by atoms with Crippen LogP contribution in [0.25, 0.3) is 40.0 Å². The van der Waals surface area contributed by atoms with Gasteiger partial charge in [0.15, 0.2) is 0 Å². The quantitative estimate of drug-likeness (QED) is 0.529. The van der Waals surface area contributed by atoms with Crippen LogP contribution in [0.15, 0.2) is 72.2 Å². The van der Waals surface area contributed by atoms with Gasteiger partial charge in [0.25, 0.3) is 5.89 Å². The second kappa shape index (κ2) is 7.40. The molecule has 0 radical (unpaired) electrons. The highest BCUT2D eigenvalue weighted by atomic mass is 16.4. The van der Waals surface area contributed by atoms with Gasteiger partial charge in [0.2, 0.25) is 5.89 Å². The molecule has 0 aliphatic rings. The van der Waals surface area contributed by atoms with Crippen LogP contribution in [0.2, 0.25) is 0 Å². The van der Waals surface area contributed by atoms with E-state index in [1.807, 2.05) is 55.4 Å². The van der Waals surface area contributed by atoms with E-state index in [0.29, 0.717) is 17.5 Å². The van der Waals surface area contributed by atoms with Crippen LogP contribution in [0.4, 0.5) is 0 Å². The number of pyridine rings is 1. The van der Waals surface area contributed by atoms with Crippen molar-refractivity contribution >= 4 is 5.70 Å². The molecule has 0 saturated heterocycles. The van der Waals surface area contributed by atoms with Crippen LogP contribution in [-0.4, -0.2) is 44.1 Å². The molecule has 3 aromatic heterocycles. The average Bonchev–Trinajstić information content (AvgIpc) is 3.24. The second-order valence-electron chi connectivity index (χ2n) is 6.36. The van der Waals surface area contributed by atoms with E-state index in [0.717, 1.165) is 28.1 Å². The lowest BCUT2D eigenvalue weighted by atomic mass is 10.1. The Labute approximate surface area is 162 Å². The van der Waals surface area contributed by atoms with Gasteiger partial charge in [-0.1, -0.05) is 30.8 Å². The maximum absolute atomic E-state index is 5.75. The molecule has 4 aromatic rings. The molecule has 7 nitrogen and oxygen atoms in total. The highest BCUT2D eigenvalue weighted by Gasteiger charge is 2.13. The van der Waals surface area contributed by atoms with E-state index >= 15 is 0 Å². The summed E-state index contributed by atoms with van der Waals surface area (Å²) in [6, 6.07) is 11.6. The van der Waals surface area contributed by atoms with E-state index in [1.54, 1.807) is 24.8 Å². The van der Waals surface area contributed by atoms with Gasteiger partial charge in [-0.2, -0.15) is 0 Å². The van der Waals surface area contributed by atoms with E-state index < -0.39 is 0 Å². The number of aromatic nitrogens is 5. The van der Waals surface area contributed by atoms with Crippen LogP contribution in [0, 0.1) is 0 Å². The number of rotatable bonds is 5. The lowest BCUT2D eigenvalue weighted by molar-refractivity contribution is 0.581. The molecule has 138 valence electrons. The first-order chi connectivity index (χ1) is 13.6. The van der Waals surface area contributed by atoms with Crippen LogP contribution >= 0.6 is 0 Å². The van der Waals surface area contributed by atoms with Gasteiger partial charge < -0.3 is 9.32 Å².